The number of hydrogen-bond donors (Lipinski definition) is 1. The first-order valence-electron chi connectivity index (χ1n) is 9.12. The second kappa shape index (κ2) is 8.10. The largest absolute Gasteiger partial charge is 0.354 e. The van der Waals surface area contributed by atoms with Crippen LogP contribution in [0, 0.1) is 5.82 Å². The summed E-state index contributed by atoms with van der Waals surface area (Å²) in [7, 11) is -3.75. The van der Waals surface area contributed by atoms with E-state index in [1.165, 1.54) is 10.4 Å². The summed E-state index contributed by atoms with van der Waals surface area (Å²) < 4.78 is 40.7. The van der Waals surface area contributed by atoms with Crippen LogP contribution in [0.2, 0.25) is 5.02 Å². The van der Waals surface area contributed by atoms with Gasteiger partial charge < -0.3 is 4.90 Å². The molecule has 1 aliphatic rings. The molecule has 0 spiro atoms. The molecule has 0 aliphatic carbocycles. The molecule has 4 rings (SSSR count). The van der Waals surface area contributed by atoms with E-state index < -0.39 is 15.8 Å². The minimum atomic E-state index is -3.75. The van der Waals surface area contributed by atoms with Crippen molar-refractivity contribution >= 4 is 27.4 Å². The first-order chi connectivity index (χ1) is 13.9. The molecule has 3 heterocycles. The number of aromatic amines is 1. The van der Waals surface area contributed by atoms with Crippen LogP contribution in [0.1, 0.15) is 6.42 Å². The molecule has 3 aromatic rings. The molecule has 0 unspecified atom stereocenters. The zero-order valence-electron chi connectivity index (χ0n) is 15.4. The molecule has 1 aromatic carbocycles. The van der Waals surface area contributed by atoms with Crippen molar-refractivity contribution in [3.63, 3.8) is 0 Å². The Bertz CT molecular complexity index is 1110. The topological polar surface area (TPSA) is 82.2 Å². The first-order valence-corrected chi connectivity index (χ1v) is 10.9. The van der Waals surface area contributed by atoms with Crippen molar-refractivity contribution in [2.24, 2.45) is 0 Å². The van der Waals surface area contributed by atoms with Crippen LogP contribution in [0.25, 0.3) is 11.4 Å². The van der Waals surface area contributed by atoms with Crippen LogP contribution >= 0.6 is 11.6 Å². The average molecular weight is 436 g/mol. The summed E-state index contributed by atoms with van der Waals surface area (Å²) in [6.07, 6.45) is 2.35. The van der Waals surface area contributed by atoms with Gasteiger partial charge in [-0.1, -0.05) is 17.7 Å². The highest BCUT2D eigenvalue weighted by Gasteiger charge is 2.28. The number of hydrogen-bond acceptors (Lipinski definition) is 5. The number of anilines is 1. The Hall–Kier alpha value is -2.49. The predicted octanol–water partition coefficient (Wildman–Crippen LogP) is 3.17. The van der Waals surface area contributed by atoms with Crippen molar-refractivity contribution in [3.05, 3.63) is 59.5 Å². The van der Waals surface area contributed by atoms with Gasteiger partial charge in [-0.05, 0) is 36.8 Å². The monoisotopic (exact) mass is 435 g/mol. The SMILES string of the molecule is O=S(=O)(c1ccc(F)c(Cl)c1)N1CCCN(c2cc(-c3ccccn3)[nH]n2)CC1. The highest BCUT2D eigenvalue weighted by atomic mass is 35.5. The minimum absolute atomic E-state index is 0.00504. The number of benzene rings is 1. The van der Waals surface area contributed by atoms with E-state index >= 15 is 0 Å². The van der Waals surface area contributed by atoms with Crippen LogP contribution in [0.3, 0.4) is 0 Å². The maximum Gasteiger partial charge on any atom is 0.243 e. The van der Waals surface area contributed by atoms with E-state index in [4.69, 9.17) is 11.6 Å². The summed E-state index contributed by atoms with van der Waals surface area (Å²) >= 11 is 5.76. The summed E-state index contributed by atoms with van der Waals surface area (Å²) in [6, 6.07) is 11.0. The van der Waals surface area contributed by atoms with Crippen LogP contribution in [0.5, 0.6) is 0 Å². The molecule has 1 saturated heterocycles. The van der Waals surface area contributed by atoms with Gasteiger partial charge in [0.25, 0.3) is 0 Å². The molecule has 0 radical (unpaired) electrons. The highest BCUT2D eigenvalue weighted by molar-refractivity contribution is 7.89. The Morgan fingerprint density at radius 1 is 1.07 bits per heavy atom. The number of rotatable bonds is 4. The van der Waals surface area contributed by atoms with Gasteiger partial charge in [0.1, 0.15) is 5.82 Å². The molecule has 152 valence electrons. The predicted molar refractivity (Wildman–Crippen MR) is 109 cm³/mol. The number of sulfonamides is 1. The lowest BCUT2D eigenvalue weighted by Gasteiger charge is -2.21. The molecule has 1 fully saturated rings. The molecule has 29 heavy (non-hydrogen) atoms. The van der Waals surface area contributed by atoms with Crippen LogP contribution in [-0.4, -0.2) is 54.1 Å². The Kier molecular flexibility index (Phi) is 5.53. The standard InChI is InChI=1S/C19H19ClFN5O2S/c20-15-12-14(5-6-16(15)21)29(27,28)26-9-3-8-25(10-11-26)19-13-18(23-24-19)17-4-1-2-7-22-17/h1-2,4-7,12-13H,3,8-11H2,(H,23,24). The van der Waals surface area contributed by atoms with Gasteiger partial charge in [0.15, 0.2) is 5.82 Å². The summed E-state index contributed by atoms with van der Waals surface area (Å²) in [5.74, 6) is 0.102. The van der Waals surface area contributed by atoms with Gasteiger partial charge in [0, 0.05) is 38.4 Å². The smallest absolute Gasteiger partial charge is 0.243 e. The summed E-state index contributed by atoms with van der Waals surface area (Å²) in [5.41, 5.74) is 1.59. The van der Waals surface area contributed by atoms with Gasteiger partial charge in [-0.3, -0.25) is 10.1 Å². The Morgan fingerprint density at radius 3 is 2.69 bits per heavy atom. The van der Waals surface area contributed by atoms with E-state index in [1.54, 1.807) is 6.20 Å². The first kappa shape index (κ1) is 19.8. The zero-order valence-corrected chi connectivity index (χ0v) is 17.0. The number of aromatic nitrogens is 3. The number of pyridine rings is 1. The second-order valence-electron chi connectivity index (χ2n) is 6.68. The van der Waals surface area contributed by atoms with E-state index in [2.05, 4.69) is 15.2 Å². The molecule has 1 aliphatic heterocycles. The Balaban J connectivity index is 1.49. The maximum atomic E-state index is 13.4. The third kappa shape index (κ3) is 4.12. The van der Waals surface area contributed by atoms with E-state index in [0.717, 1.165) is 29.3 Å². The molecule has 0 bridgehead atoms. The fraction of sp³-hybridized carbons (Fsp3) is 0.263. The van der Waals surface area contributed by atoms with Crippen LogP contribution in [0.4, 0.5) is 10.2 Å². The fourth-order valence-corrected chi connectivity index (χ4v) is 5.02. The Labute approximate surface area is 173 Å². The van der Waals surface area contributed by atoms with Gasteiger partial charge in [0.05, 0.1) is 21.3 Å². The van der Waals surface area contributed by atoms with Crippen molar-refractivity contribution in [1.29, 1.82) is 0 Å². The van der Waals surface area contributed by atoms with Crippen LogP contribution < -0.4 is 4.90 Å². The third-order valence-electron chi connectivity index (χ3n) is 4.81. The van der Waals surface area contributed by atoms with Crippen molar-refractivity contribution in [1.82, 2.24) is 19.5 Å². The van der Waals surface area contributed by atoms with Crippen molar-refractivity contribution in [2.75, 3.05) is 31.1 Å². The quantitative estimate of drug-likeness (QED) is 0.680. The number of nitrogens with one attached hydrogen (secondary N) is 1. The molecule has 0 saturated carbocycles. The van der Waals surface area contributed by atoms with Crippen LogP contribution in [-0.2, 0) is 10.0 Å². The molecular weight excluding hydrogens is 417 g/mol. The van der Waals surface area contributed by atoms with Gasteiger partial charge in [0.2, 0.25) is 10.0 Å². The summed E-state index contributed by atoms with van der Waals surface area (Å²) in [6.45, 7) is 1.82. The number of halogens is 2. The van der Waals surface area contributed by atoms with Crippen molar-refractivity contribution in [2.45, 2.75) is 11.3 Å². The number of nitrogens with zero attached hydrogens (tertiary/aromatic N) is 4. The van der Waals surface area contributed by atoms with Crippen LogP contribution in [0.15, 0.2) is 53.6 Å². The maximum absolute atomic E-state index is 13.4. The Morgan fingerprint density at radius 2 is 1.93 bits per heavy atom. The molecule has 0 amide bonds. The fourth-order valence-electron chi connectivity index (χ4n) is 3.28. The lowest BCUT2D eigenvalue weighted by Crippen LogP contribution is -2.35. The zero-order chi connectivity index (χ0) is 20.4. The summed E-state index contributed by atoms with van der Waals surface area (Å²) in [4.78, 5) is 6.34. The normalized spacial score (nSPS) is 16.0. The molecule has 0 atom stereocenters. The third-order valence-corrected chi connectivity index (χ3v) is 7.00. The molecule has 2 aromatic heterocycles. The molecule has 7 nitrogen and oxygen atoms in total. The van der Waals surface area contributed by atoms with E-state index in [0.29, 0.717) is 32.6 Å². The minimum Gasteiger partial charge on any atom is -0.354 e. The van der Waals surface area contributed by atoms with Gasteiger partial charge in [-0.15, -0.1) is 0 Å². The van der Waals surface area contributed by atoms with Crippen molar-refractivity contribution in [3.8, 4) is 11.4 Å². The molecule has 10 heteroatoms. The van der Waals surface area contributed by atoms with Gasteiger partial charge in [-0.2, -0.15) is 9.40 Å². The second-order valence-corrected chi connectivity index (χ2v) is 9.02. The van der Waals surface area contributed by atoms with Crippen molar-refractivity contribution < 1.29 is 12.8 Å². The average Bonchev–Trinajstić information content (AvgIpc) is 3.08. The van der Waals surface area contributed by atoms with E-state index in [-0.39, 0.29) is 9.92 Å². The van der Waals surface area contributed by atoms with Gasteiger partial charge >= 0.3 is 0 Å². The summed E-state index contributed by atoms with van der Waals surface area (Å²) in [5, 5.41) is 7.13. The lowest BCUT2D eigenvalue weighted by atomic mass is 10.2. The molecular formula is C19H19ClFN5O2S. The number of H-pyrrole nitrogens is 1. The molecule has 1 N–H and O–H groups in total. The lowest BCUT2D eigenvalue weighted by molar-refractivity contribution is 0.433. The van der Waals surface area contributed by atoms with E-state index in [1.807, 2.05) is 29.2 Å². The van der Waals surface area contributed by atoms with E-state index in [9.17, 15) is 12.8 Å². The van der Waals surface area contributed by atoms with Gasteiger partial charge in [-0.25, -0.2) is 12.8 Å². The highest BCUT2D eigenvalue weighted by Crippen LogP contribution is 2.25.